The lowest BCUT2D eigenvalue weighted by Crippen LogP contribution is -2.64. The summed E-state index contributed by atoms with van der Waals surface area (Å²) in [5.74, 6) is 0. The summed E-state index contributed by atoms with van der Waals surface area (Å²) in [5, 5.41) is 15.8. The van der Waals surface area contributed by atoms with Gasteiger partial charge in [0.1, 0.15) is 0 Å². The highest BCUT2D eigenvalue weighted by Crippen LogP contribution is 2.52. The van der Waals surface area contributed by atoms with Crippen molar-refractivity contribution in [1.82, 2.24) is 19.7 Å². The maximum Gasteiger partial charge on any atom is 0.320 e. The van der Waals surface area contributed by atoms with Gasteiger partial charge in [0, 0.05) is 62.2 Å². The fourth-order valence-electron chi connectivity index (χ4n) is 7.45. The van der Waals surface area contributed by atoms with Gasteiger partial charge in [-0.3, -0.25) is 4.79 Å². The van der Waals surface area contributed by atoms with E-state index in [0.717, 1.165) is 44.0 Å². The highest BCUT2D eigenvalue weighted by Gasteiger charge is 2.56. The Bertz CT molecular complexity index is 1640. The summed E-state index contributed by atoms with van der Waals surface area (Å²) in [5.41, 5.74) is -0.122. The Morgan fingerprint density at radius 2 is 1.67 bits per heavy atom. The van der Waals surface area contributed by atoms with Crippen molar-refractivity contribution in [2.75, 3.05) is 39.0 Å². The van der Waals surface area contributed by atoms with Gasteiger partial charge in [0.05, 0.1) is 23.1 Å². The number of urea groups is 1. The minimum Gasteiger partial charge on any atom is -0.387 e. The average molecular weight is 605 g/mol. The summed E-state index contributed by atoms with van der Waals surface area (Å²) >= 11 is 0. The monoisotopic (exact) mass is 604 g/mol. The molecule has 43 heavy (non-hydrogen) atoms. The van der Waals surface area contributed by atoms with Crippen LogP contribution in [0.5, 0.6) is 0 Å². The van der Waals surface area contributed by atoms with Gasteiger partial charge in [0.15, 0.2) is 9.84 Å². The molecule has 2 N–H and O–H groups in total. The predicted molar refractivity (Wildman–Crippen MR) is 165 cm³/mol. The molecule has 2 aliphatic heterocycles. The van der Waals surface area contributed by atoms with Crippen LogP contribution in [0, 0.1) is 5.41 Å². The van der Waals surface area contributed by atoms with E-state index >= 15 is 0 Å². The highest BCUT2D eigenvalue weighted by atomic mass is 32.2. The zero-order valence-corrected chi connectivity index (χ0v) is 25.4. The number of aliphatic hydroxyl groups is 1. The Labute approximate surface area is 253 Å². The van der Waals surface area contributed by atoms with Crippen LogP contribution in [0.25, 0.3) is 11.1 Å². The van der Waals surface area contributed by atoms with Crippen molar-refractivity contribution >= 4 is 15.9 Å². The van der Waals surface area contributed by atoms with Crippen molar-refractivity contribution in [2.45, 2.75) is 55.2 Å². The van der Waals surface area contributed by atoms with E-state index in [2.05, 4.69) is 17.4 Å². The van der Waals surface area contributed by atoms with Gasteiger partial charge in [-0.15, -0.1) is 0 Å². The normalized spacial score (nSPS) is 23.9. The minimum atomic E-state index is -3.67. The van der Waals surface area contributed by atoms with Gasteiger partial charge in [-0.2, -0.15) is 0 Å². The molecule has 3 fully saturated rings. The number of aromatic nitrogens is 1. The summed E-state index contributed by atoms with van der Waals surface area (Å²) in [7, 11) is -3.67. The quantitative estimate of drug-likeness (QED) is 0.460. The average Bonchev–Trinajstić information content (AvgIpc) is 3.49. The SMILES string of the molecule is CS(=O)(=O)c1cn(CC2(O)CCN(C(=O)N3CCNC[C@H]3c3ccccc3)CC23CCCC3)c(=O)cc1-c1ccccc1. The summed E-state index contributed by atoms with van der Waals surface area (Å²) in [4.78, 5) is 31.4. The second-order valence-electron chi connectivity index (χ2n) is 12.5. The van der Waals surface area contributed by atoms with Crippen LogP contribution in [0.15, 0.2) is 82.6 Å². The summed E-state index contributed by atoms with van der Waals surface area (Å²) in [6.45, 7) is 2.75. The van der Waals surface area contributed by atoms with Crippen molar-refractivity contribution in [3.63, 3.8) is 0 Å². The van der Waals surface area contributed by atoms with Gasteiger partial charge in [0.2, 0.25) is 0 Å². The molecular weight excluding hydrogens is 564 g/mol. The lowest BCUT2D eigenvalue weighted by atomic mass is 9.66. The highest BCUT2D eigenvalue weighted by molar-refractivity contribution is 7.90. The third-order valence-corrected chi connectivity index (χ3v) is 10.9. The van der Waals surface area contributed by atoms with E-state index in [1.807, 2.05) is 34.1 Å². The molecule has 1 unspecified atom stereocenters. The topological polar surface area (TPSA) is 112 Å². The standard InChI is InChI=1S/C33H40N4O5S/c1-43(41,42)29-22-36(30(38)20-27(29)25-10-4-2-5-11-25)24-33(40)16-18-35(23-32(33)14-8-9-15-32)31(39)37-19-17-34-21-28(37)26-12-6-3-7-13-26/h2-7,10-13,20,22,28,34,40H,8-9,14-19,21,23-24H2,1H3/t28-,33?/m0/s1. The molecule has 3 aliphatic rings. The number of carbonyl (C=O) groups is 1. The number of nitrogens with zero attached hydrogens (tertiary/aromatic N) is 3. The number of rotatable bonds is 5. The number of amides is 2. The van der Waals surface area contributed by atoms with Gasteiger partial charge in [-0.25, -0.2) is 13.2 Å². The van der Waals surface area contributed by atoms with Gasteiger partial charge in [0.25, 0.3) is 5.56 Å². The number of sulfone groups is 1. The van der Waals surface area contributed by atoms with Crippen LogP contribution in [0.2, 0.25) is 0 Å². The smallest absolute Gasteiger partial charge is 0.320 e. The summed E-state index contributed by atoms with van der Waals surface area (Å²) in [6.07, 6.45) is 6.19. The molecule has 1 aliphatic carbocycles. The van der Waals surface area contributed by atoms with E-state index in [9.17, 15) is 23.1 Å². The number of piperazine rings is 1. The molecule has 3 aromatic rings. The molecule has 2 atom stereocenters. The zero-order chi connectivity index (χ0) is 30.2. The molecule has 0 radical (unpaired) electrons. The van der Waals surface area contributed by atoms with Gasteiger partial charge in [-0.05, 0) is 30.4 Å². The third-order valence-electron chi connectivity index (χ3n) is 9.79. The van der Waals surface area contributed by atoms with E-state index in [-0.39, 0.29) is 29.1 Å². The lowest BCUT2D eigenvalue weighted by Gasteiger charge is -2.53. The molecular formula is C33H40N4O5S. The molecule has 9 nitrogen and oxygen atoms in total. The number of likely N-dealkylation sites (tertiary alicyclic amines) is 1. The van der Waals surface area contributed by atoms with Crippen molar-refractivity contribution in [3.8, 4) is 11.1 Å². The molecule has 228 valence electrons. The Kier molecular flexibility index (Phi) is 7.95. The first kappa shape index (κ1) is 29.6. The Morgan fingerprint density at radius 3 is 2.35 bits per heavy atom. The maximum absolute atomic E-state index is 14.0. The van der Waals surface area contributed by atoms with E-state index in [4.69, 9.17) is 0 Å². The van der Waals surface area contributed by atoms with E-state index in [0.29, 0.717) is 43.7 Å². The number of carbonyl (C=O) groups excluding carboxylic acids is 1. The fourth-order valence-corrected chi connectivity index (χ4v) is 8.34. The number of hydrogen-bond donors (Lipinski definition) is 2. The second kappa shape index (κ2) is 11.6. The first-order valence-corrected chi connectivity index (χ1v) is 17.0. The van der Waals surface area contributed by atoms with Crippen LogP contribution < -0.4 is 10.9 Å². The van der Waals surface area contributed by atoms with Crippen LogP contribution >= 0.6 is 0 Å². The molecule has 2 aromatic carbocycles. The largest absolute Gasteiger partial charge is 0.387 e. The van der Waals surface area contributed by atoms with Crippen molar-refractivity contribution < 1.29 is 18.3 Å². The number of pyridine rings is 1. The minimum absolute atomic E-state index is 0.0209. The predicted octanol–water partition coefficient (Wildman–Crippen LogP) is 3.68. The fraction of sp³-hybridized carbons (Fsp3) is 0.455. The first-order chi connectivity index (χ1) is 20.6. The van der Waals surface area contributed by atoms with Crippen molar-refractivity contribution in [3.05, 3.63) is 88.8 Å². The third kappa shape index (κ3) is 5.63. The molecule has 1 saturated carbocycles. The van der Waals surface area contributed by atoms with E-state index in [1.54, 1.807) is 24.3 Å². The lowest BCUT2D eigenvalue weighted by molar-refractivity contribution is -0.136. The summed E-state index contributed by atoms with van der Waals surface area (Å²) in [6, 6.07) is 20.3. The number of benzene rings is 2. The van der Waals surface area contributed by atoms with Crippen LogP contribution in [-0.2, 0) is 16.4 Å². The number of piperidine rings is 1. The van der Waals surface area contributed by atoms with Crippen molar-refractivity contribution in [2.24, 2.45) is 5.41 Å². The number of hydrogen-bond acceptors (Lipinski definition) is 6. The molecule has 2 amide bonds. The molecule has 1 aromatic heterocycles. The number of nitrogens with one attached hydrogen (secondary N) is 1. The zero-order valence-electron chi connectivity index (χ0n) is 24.6. The second-order valence-corrected chi connectivity index (χ2v) is 14.4. The molecule has 0 bridgehead atoms. The van der Waals surface area contributed by atoms with Gasteiger partial charge < -0.3 is 24.8 Å². The van der Waals surface area contributed by atoms with Crippen molar-refractivity contribution in [1.29, 1.82) is 0 Å². The Hall–Kier alpha value is -3.47. The molecule has 3 heterocycles. The maximum atomic E-state index is 14.0. The van der Waals surface area contributed by atoms with Gasteiger partial charge in [-0.1, -0.05) is 73.5 Å². The Balaban J connectivity index is 1.29. The Morgan fingerprint density at radius 1 is 1.00 bits per heavy atom. The summed E-state index contributed by atoms with van der Waals surface area (Å²) < 4.78 is 27.1. The molecule has 10 heteroatoms. The molecule has 2 saturated heterocycles. The van der Waals surface area contributed by atoms with Crippen LogP contribution in [-0.4, -0.2) is 78.5 Å². The first-order valence-electron chi connectivity index (χ1n) is 15.1. The van der Waals surface area contributed by atoms with Crippen LogP contribution in [0.3, 0.4) is 0 Å². The van der Waals surface area contributed by atoms with Gasteiger partial charge >= 0.3 is 6.03 Å². The molecule has 1 spiro atoms. The van der Waals surface area contributed by atoms with E-state index in [1.165, 1.54) is 16.8 Å². The van der Waals surface area contributed by atoms with Crippen LogP contribution in [0.1, 0.15) is 43.7 Å². The molecule has 6 rings (SSSR count). The van der Waals surface area contributed by atoms with Crippen LogP contribution in [0.4, 0.5) is 4.79 Å². The van der Waals surface area contributed by atoms with E-state index < -0.39 is 20.9 Å².